The van der Waals surface area contributed by atoms with Gasteiger partial charge in [-0.1, -0.05) is 6.07 Å². The van der Waals surface area contributed by atoms with E-state index >= 15 is 0 Å². The van der Waals surface area contributed by atoms with Crippen molar-refractivity contribution >= 4 is 40.7 Å². The van der Waals surface area contributed by atoms with Crippen LogP contribution in [0, 0.1) is 0 Å². The van der Waals surface area contributed by atoms with Gasteiger partial charge < -0.3 is 26.2 Å². The van der Waals surface area contributed by atoms with Gasteiger partial charge >= 0.3 is 0 Å². The highest BCUT2D eigenvalue weighted by atomic mass is 16.2. The smallest absolute Gasteiger partial charge is 0.255 e. The second-order valence-corrected chi connectivity index (χ2v) is 7.13. The van der Waals surface area contributed by atoms with Gasteiger partial charge in [-0.3, -0.25) is 19.2 Å². The Hall–Kier alpha value is -3.88. The van der Waals surface area contributed by atoms with Gasteiger partial charge in [0.15, 0.2) is 0 Å². The maximum atomic E-state index is 12.8. The van der Waals surface area contributed by atoms with Crippen molar-refractivity contribution in [3.63, 3.8) is 0 Å². The third-order valence-electron chi connectivity index (χ3n) is 5.16. The number of amides is 4. The Morgan fingerprint density at radius 3 is 2.77 bits per heavy atom. The number of nitrogens with one attached hydrogen (secondary N) is 4. The summed E-state index contributed by atoms with van der Waals surface area (Å²) in [4.78, 5) is 50.2. The third kappa shape index (κ3) is 3.82. The van der Waals surface area contributed by atoms with E-state index in [4.69, 9.17) is 0 Å². The predicted octanol–water partition coefficient (Wildman–Crippen LogP) is 0.729. The van der Waals surface area contributed by atoms with Gasteiger partial charge in [0.05, 0.1) is 24.3 Å². The average Bonchev–Trinajstić information content (AvgIpc) is 3.06. The lowest BCUT2D eigenvalue weighted by atomic mass is 10.1. The molecular weight excluding hydrogens is 386 g/mol. The minimum Gasteiger partial charge on any atom is -0.362 e. The highest BCUT2D eigenvalue weighted by Gasteiger charge is 2.23. The van der Waals surface area contributed by atoms with Gasteiger partial charge in [-0.05, 0) is 42.3 Å². The van der Waals surface area contributed by atoms with Gasteiger partial charge in [0.2, 0.25) is 11.8 Å². The van der Waals surface area contributed by atoms with Crippen LogP contribution in [0.25, 0.3) is 0 Å². The van der Waals surface area contributed by atoms with Gasteiger partial charge in [0, 0.05) is 30.5 Å². The van der Waals surface area contributed by atoms with Gasteiger partial charge in [0.25, 0.3) is 11.8 Å². The molecule has 2 heterocycles. The first-order chi connectivity index (χ1) is 14.4. The Labute approximate surface area is 172 Å². The minimum absolute atomic E-state index is 0.0756. The van der Waals surface area contributed by atoms with Crippen LogP contribution in [0.2, 0.25) is 0 Å². The number of hydrogen-bond donors (Lipinski definition) is 4. The maximum Gasteiger partial charge on any atom is 0.255 e. The molecule has 4 N–H and O–H groups in total. The van der Waals surface area contributed by atoms with Gasteiger partial charge in [-0.25, -0.2) is 0 Å². The topological polar surface area (TPSA) is 120 Å². The zero-order valence-corrected chi connectivity index (χ0v) is 16.4. The van der Waals surface area contributed by atoms with E-state index in [0.29, 0.717) is 22.5 Å². The van der Waals surface area contributed by atoms with E-state index in [1.807, 2.05) is 23.1 Å². The highest BCUT2D eigenvalue weighted by Crippen LogP contribution is 2.31. The summed E-state index contributed by atoms with van der Waals surface area (Å²) in [5.41, 5.74) is 3.55. The fourth-order valence-corrected chi connectivity index (χ4v) is 3.58. The number of carbonyl (C=O) groups is 4. The van der Waals surface area contributed by atoms with Crippen LogP contribution >= 0.6 is 0 Å². The van der Waals surface area contributed by atoms with E-state index < -0.39 is 0 Å². The number of nitrogens with zero attached hydrogens (tertiary/aromatic N) is 1. The maximum absolute atomic E-state index is 12.8. The van der Waals surface area contributed by atoms with Crippen molar-refractivity contribution in [3.8, 4) is 0 Å². The fourth-order valence-electron chi connectivity index (χ4n) is 3.58. The number of benzene rings is 2. The van der Waals surface area contributed by atoms with E-state index in [1.165, 1.54) is 18.2 Å². The van der Waals surface area contributed by atoms with Crippen LogP contribution in [0.4, 0.5) is 17.1 Å². The molecule has 0 aromatic heterocycles. The first-order valence-electron chi connectivity index (χ1n) is 9.56. The second kappa shape index (κ2) is 7.86. The second-order valence-electron chi connectivity index (χ2n) is 7.13. The summed E-state index contributed by atoms with van der Waals surface area (Å²) in [5.74, 6) is -1.17. The lowest BCUT2D eigenvalue weighted by molar-refractivity contribution is -0.119. The fraction of sp³-hybridized carbons (Fsp3) is 0.238. The predicted molar refractivity (Wildman–Crippen MR) is 112 cm³/mol. The van der Waals surface area contributed by atoms with Gasteiger partial charge in [-0.2, -0.15) is 0 Å². The molecule has 2 aromatic rings. The Morgan fingerprint density at radius 2 is 1.97 bits per heavy atom. The molecule has 9 heteroatoms. The first kappa shape index (κ1) is 19.4. The molecule has 0 saturated heterocycles. The average molecular weight is 407 g/mol. The standard InChI is InChI=1S/C21H21N5O4/c1-22-19(28)11-26-7-6-12-2-4-14(9-17(12)26)24-20(29)13-3-5-15-16(8-13)25-18(27)10-23-21(15)30/h2-5,8-9H,6-7,10-11H2,1H3,(H,22,28)(H,23,30)(H,24,29)(H,25,27). The Balaban J connectivity index is 1.54. The van der Waals surface area contributed by atoms with Crippen LogP contribution in [0.15, 0.2) is 36.4 Å². The number of hydrogen-bond acceptors (Lipinski definition) is 5. The van der Waals surface area contributed by atoms with Crippen molar-refractivity contribution in [3.05, 3.63) is 53.1 Å². The molecule has 2 aliphatic rings. The largest absolute Gasteiger partial charge is 0.362 e. The zero-order valence-electron chi connectivity index (χ0n) is 16.4. The number of anilines is 3. The van der Waals surface area contributed by atoms with Crippen molar-refractivity contribution in [2.45, 2.75) is 6.42 Å². The molecule has 2 aliphatic heterocycles. The van der Waals surface area contributed by atoms with E-state index in [9.17, 15) is 19.2 Å². The van der Waals surface area contributed by atoms with Gasteiger partial charge in [-0.15, -0.1) is 0 Å². The summed E-state index contributed by atoms with van der Waals surface area (Å²) in [6.45, 7) is 0.886. The summed E-state index contributed by atoms with van der Waals surface area (Å²) < 4.78 is 0. The molecule has 0 unspecified atom stereocenters. The highest BCUT2D eigenvalue weighted by molar-refractivity contribution is 6.11. The zero-order chi connectivity index (χ0) is 21.3. The van der Waals surface area contributed by atoms with Crippen molar-refractivity contribution in [2.75, 3.05) is 42.2 Å². The molecule has 9 nitrogen and oxygen atoms in total. The molecule has 2 aromatic carbocycles. The van der Waals surface area contributed by atoms with Crippen LogP contribution in [-0.2, 0) is 16.0 Å². The van der Waals surface area contributed by atoms with Crippen molar-refractivity contribution in [1.82, 2.24) is 10.6 Å². The SMILES string of the molecule is CNC(=O)CN1CCc2ccc(NC(=O)c3ccc4c(c3)NC(=O)CNC4=O)cc21. The summed E-state index contributed by atoms with van der Waals surface area (Å²) in [5, 5.41) is 10.6. The third-order valence-corrected chi connectivity index (χ3v) is 5.16. The van der Waals surface area contributed by atoms with E-state index in [1.54, 1.807) is 7.05 Å². The normalized spacial score (nSPS) is 14.8. The minimum atomic E-state index is -0.370. The summed E-state index contributed by atoms with van der Waals surface area (Å²) in [6.07, 6.45) is 0.840. The lowest BCUT2D eigenvalue weighted by Crippen LogP contribution is -2.34. The number of fused-ring (bicyclic) bond motifs is 2. The number of rotatable bonds is 4. The molecule has 0 aliphatic carbocycles. The Morgan fingerprint density at radius 1 is 1.13 bits per heavy atom. The van der Waals surface area contributed by atoms with E-state index in [-0.39, 0.29) is 36.7 Å². The van der Waals surface area contributed by atoms with Crippen LogP contribution in [0.5, 0.6) is 0 Å². The lowest BCUT2D eigenvalue weighted by Gasteiger charge is -2.19. The van der Waals surface area contributed by atoms with Crippen LogP contribution in [0.3, 0.4) is 0 Å². The monoisotopic (exact) mass is 407 g/mol. The Kier molecular flexibility index (Phi) is 5.09. The Bertz CT molecular complexity index is 1070. The molecule has 4 amide bonds. The summed E-state index contributed by atoms with van der Waals surface area (Å²) in [7, 11) is 1.60. The molecule has 30 heavy (non-hydrogen) atoms. The molecule has 0 spiro atoms. The molecular formula is C21H21N5O4. The van der Waals surface area contributed by atoms with Crippen LogP contribution in [-0.4, -0.2) is 50.3 Å². The van der Waals surface area contributed by atoms with E-state index in [2.05, 4.69) is 21.3 Å². The number of carbonyl (C=O) groups excluding carboxylic acids is 4. The molecule has 154 valence electrons. The van der Waals surface area contributed by atoms with Crippen molar-refractivity contribution in [2.24, 2.45) is 0 Å². The van der Waals surface area contributed by atoms with E-state index in [0.717, 1.165) is 24.2 Å². The molecule has 4 rings (SSSR count). The molecule has 0 bridgehead atoms. The molecule has 0 atom stereocenters. The van der Waals surface area contributed by atoms with Gasteiger partial charge in [0.1, 0.15) is 0 Å². The quantitative estimate of drug-likeness (QED) is 0.596. The first-order valence-corrected chi connectivity index (χ1v) is 9.56. The van der Waals surface area contributed by atoms with Crippen LogP contribution in [0.1, 0.15) is 26.3 Å². The van der Waals surface area contributed by atoms with Crippen LogP contribution < -0.4 is 26.2 Å². The summed E-state index contributed by atoms with van der Waals surface area (Å²) >= 11 is 0. The number of likely N-dealkylation sites (N-methyl/N-ethyl adjacent to an activating group) is 1. The molecule has 0 radical (unpaired) electrons. The molecule has 0 fully saturated rings. The molecule has 0 saturated carbocycles. The van der Waals surface area contributed by atoms with Crippen molar-refractivity contribution < 1.29 is 19.2 Å². The summed E-state index contributed by atoms with van der Waals surface area (Å²) in [6, 6.07) is 10.1. The van der Waals surface area contributed by atoms with Crippen molar-refractivity contribution in [1.29, 1.82) is 0 Å².